The van der Waals surface area contributed by atoms with Crippen molar-refractivity contribution in [2.24, 2.45) is 0 Å². The summed E-state index contributed by atoms with van der Waals surface area (Å²) in [5.74, 6) is 0.218. The Morgan fingerprint density at radius 2 is 2.05 bits per heavy atom. The molecule has 1 saturated heterocycles. The van der Waals surface area contributed by atoms with E-state index in [1.165, 1.54) is 0 Å². The summed E-state index contributed by atoms with van der Waals surface area (Å²) in [5, 5.41) is 3.35. The number of anilines is 2. The Labute approximate surface area is 132 Å². The highest BCUT2D eigenvalue weighted by molar-refractivity contribution is 9.10. The van der Waals surface area contributed by atoms with Crippen molar-refractivity contribution in [2.45, 2.75) is 19.4 Å². The molecular weight excluding hydrogens is 330 g/mol. The molecule has 1 fully saturated rings. The zero-order valence-corrected chi connectivity index (χ0v) is 13.1. The van der Waals surface area contributed by atoms with Crippen LogP contribution in [-0.2, 0) is 11.3 Å². The second kappa shape index (κ2) is 6.26. The summed E-state index contributed by atoms with van der Waals surface area (Å²) < 4.78 is 0.977. The van der Waals surface area contributed by atoms with Gasteiger partial charge in [-0.3, -0.25) is 9.78 Å². The fraction of sp³-hybridized carbons (Fsp3) is 0.250. The number of nitrogens with one attached hydrogen (secondary N) is 1. The van der Waals surface area contributed by atoms with Crippen molar-refractivity contribution in [1.29, 1.82) is 0 Å². The van der Waals surface area contributed by atoms with E-state index < -0.39 is 0 Å². The molecule has 0 aliphatic carbocycles. The first-order valence-corrected chi connectivity index (χ1v) is 7.75. The summed E-state index contributed by atoms with van der Waals surface area (Å²) in [4.78, 5) is 17.7. The van der Waals surface area contributed by atoms with E-state index in [2.05, 4.69) is 26.2 Å². The monoisotopic (exact) mass is 345 g/mol. The molecule has 2 aromatic rings. The average molecular weight is 346 g/mol. The second-order valence-corrected chi connectivity index (χ2v) is 5.98. The molecule has 0 atom stereocenters. The maximum Gasteiger partial charge on any atom is 0.227 e. The lowest BCUT2D eigenvalue weighted by molar-refractivity contribution is -0.117. The van der Waals surface area contributed by atoms with Crippen molar-refractivity contribution < 1.29 is 4.79 Å². The molecule has 4 nitrogen and oxygen atoms in total. The van der Waals surface area contributed by atoms with Gasteiger partial charge in [-0.2, -0.15) is 0 Å². The number of halogens is 1. The first-order valence-electron chi connectivity index (χ1n) is 6.96. The molecule has 1 aliphatic heterocycles. The number of hydrogen-bond acceptors (Lipinski definition) is 3. The molecule has 0 unspecified atom stereocenters. The predicted octanol–water partition coefficient (Wildman–Crippen LogP) is 3.58. The minimum absolute atomic E-state index is 0.218. The van der Waals surface area contributed by atoms with Gasteiger partial charge in [0.1, 0.15) is 0 Å². The highest BCUT2D eigenvalue weighted by Gasteiger charge is 2.21. The van der Waals surface area contributed by atoms with Gasteiger partial charge in [-0.25, -0.2) is 0 Å². The number of pyridine rings is 1. The van der Waals surface area contributed by atoms with Gasteiger partial charge in [-0.15, -0.1) is 0 Å². The molecule has 0 radical (unpaired) electrons. The fourth-order valence-corrected chi connectivity index (χ4v) is 2.85. The van der Waals surface area contributed by atoms with E-state index in [0.29, 0.717) is 13.0 Å². The average Bonchev–Trinajstić information content (AvgIpc) is 2.92. The SMILES string of the molecule is O=C1CCCN1c1ccc(NCc2cncc(Br)c2)cc1. The van der Waals surface area contributed by atoms with Crippen LogP contribution in [0.25, 0.3) is 0 Å². The molecular formula is C16H16BrN3O. The van der Waals surface area contributed by atoms with E-state index in [1.807, 2.05) is 41.4 Å². The Bertz CT molecular complexity index is 642. The van der Waals surface area contributed by atoms with Gasteiger partial charge < -0.3 is 10.2 Å². The van der Waals surface area contributed by atoms with Crippen LogP contribution >= 0.6 is 15.9 Å². The van der Waals surface area contributed by atoms with Crippen LogP contribution in [0.5, 0.6) is 0 Å². The highest BCUT2D eigenvalue weighted by Crippen LogP contribution is 2.23. The molecule has 21 heavy (non-hydrogen) atoms. The Hall–Kier alpha value is -1.88. The van der Waals surface area contributed by atoms with Crippen molar-refractivity contribution >= 4 is 33.2 Å². The molecule has 0 spiro atoms. The minimum atomic E-state index is 0.218. The van der Waals surface area contributed by atoms with Crippen molar-refractivity contribution in [1.82, 2.24) is 4.98 Å². The smallest absolute Gasteiger partial charge is 0.227 e. The number of amides is 1. The normalized spacial score (nSPS) is 14.5. The molecule has 108 valence electrons. The summed E-state index contributed by atoms with van der Waals surface area (Å²) in [7, 11) is 0. The second-order valence-electron chi connectivity index (χ2n) is 5.06. The van der Waals surface area contributed by atoms with Gasteiger partial charge in [-0.1, -0.05) is 0 Å². The molecule has 1 aromatic carbocycles. The van der Waals surface area contributed by atoms with Crippen LogP contribution in [0.15, 0.2) is 47.2 Å². The Kier molecular flexibility index (Phi) is 4.20. The van der Waals surface area contributed by atoms with Crippen LogP contribution < -0.4 is 10.2 Å². The van der Waals surface area contributed by atoms with Gasteiger partial charge in [0.2, 0.25) is 5.91 Å². The summed E-state index contributed by atoms with van der Waals surface area (Å²) in [5.41, 5.74) is 3.13. The van der Waals surface area contributed by atoms with Crippen molar-refractivity contribution in [3.8, 4) is 0 Å². The fourth-order valence-electron chi connectivity index (χ4n) is 2.44. The Balaban J connectivity index is 1.63. The number of benzene rings is 1. The van der Waals surface area contributed by atoms with Gasteiger partial charge >= 0.3 is 0 Å². The zero-order chi connectivity index (χ0) is 14.7. The van der Waals surface area contributed by atoms with Gasteiger partial charge in [0, 0.05) is 47.8 Å². The lowest BCUT2D eigenvalue weighted by atomic mass is 10.2. The van der Waals surface area contributed by atoms with E-state index >= 15 is 0 Å². The standard InChI is InChI=1S/C16H16BrN3O/c17-13-8-12(9-18-11-13)10-19-14-3-5-15(6-4-14)20-7-1-2-16(20)21/h3-6,8-9,11,19H,1-2,7,10H2. The van der Waals surface area contributed by atoms with Crippen molar-refractivity contribution in [3.05, 3.63) is 52.8 Å². The largest absolute Gasteiger partial charge is 0.381 e. The number of aromatic nitrogens is 1. The number of nitrogens with zero attached hydrogens (tertiary/aromatic N) is 2. The van der Waals surface area contributed by atoms with Crippen LogP contribution in [0.1, 0.15) is 18.4 Å². The molecule has 5 heteroatoms. The van der Waals surface area contributed by atoms with Crippen molar-refractivity contribution in [2.75, 3.05) is 16.8 Å². The summed E-state index contributed by atoms with van der Waals surface area (Å²) in [6, 6.07) is 10.0. The molecule has 3 rings (SSSR count). The maximum absolute atomic E-state index is 11.7. The first kappa shape index (κ1) is 14.1. The Morgan fingerprint density at radius 1 is 1.24 bits per heavy atom. The third kappa shape index (κ3) is 3.42. The zero-order valence-electron chi connectivity index (χ0n) is 11.6. The predicted molar refractivity (Wildman–Crippen MR) is 87.3 cm³/mol. The molecule has 0 saturated carbocycles. The topological polar surface area (TPSA) is 45.2 Å². The Morgan fingerprint density at radius 3 is 2.71 bits per heavy atom. The minimum Gasteiger partial charge on any atom is -0.381 e. The van der Waals surface area contributed by atoms with Crippen LogP contribution in [0.3, 0.4) is 0 Å². The van der Waals surface area contributed by atoms with Crippen LogP contribution in [-0.4, -0.2) is 17.4 Å². The number of carbonyl (C=O) groups excluding carboxylic acids is 1. The summed E-state index contributed by atoms with van der Waals surface area (Å²) in [6.45, 7) is 1.55. The maximum atomic E-state index is 11.7. The molecule has 1 N–H and O–H groups in total. The number of rotatable bonds is 4. The highest BCUT2D eigenvalue weighted by atomic mass is 79.9. The van der Waals surface area contributed by atoms with Gasteiger partial charge in [0.05, 0.1) is 0 Å². The molecule has 0 bridgehead atoms. The summed E-state index contributed by atoms with van der Waals surface area (Å²) >= 11 is 3.41. The van der Waals surface area contributed by atoms with Crippen molar-refractivity contribution in [3.63, 3.8) is 0 Å². The lowest BCUT2D eigenvalue weighted by Crippen LogP contribution is -2.23. The van der Waals surface area contributed by atoms with E-state index in [-0.39, 0.29) is 5.91 Å². The number of hydrogen-bond donors (Lipinski definition) is 1. The van der Waals surface area contributed by atoms with Gasteiger partial charge in [-0.05, 0) is 58.2 Å². The quantitative estimate of drug-likeness (QED) is 0.920. The number of carbonyl (C=O) groups is 1. The first-order chi connectivity index (χ1) is 10.2. The molecule has 2 heterocycles. The lowest BCUT2D eigenvalue weighted by Gasteiger charge is -2.16. The third-order valence-electron chi connectivity index (χ3n) is 3.51. The molecule has 1 amide bonds. The van der Waals surface area contributed by atoms with Gasteiger partial charge in [0.25, 0.3) is 0 Å². The van der Waals surface area contributed by atoms with Crippen LogP contribution in [0, 0.1) is 0 Å². The van der Waals surface area contributed by atoms with E-state index in [9.17, 15) is 4.79 Å². The van der Waals surface area contributed by atoms with Gasteiger partial charge in [0.15, 0.2) is 0 Å². The van der Waals surface area contributed by atoms with E-state index in [4.69, 9.17) is 0 Å². The molecule has 1 aliphatic rings. The van der Waals surface area contributed by atoms with Crippen LogP contribution in [0.2, 0.25) is 0 Å². The van der Waals surface area contributed by atoms with E-state index in [1.54, 1.807) is 6.20 Å². The van der Waals surface area contributed by atoms with E-state index in [0.717, 1.165) is 34.4 Å². The summed E-state index contributed by atoms with van der Waals surface area (Å²) in [6.07, 6.45) is 5.23. The van der Waals surface area contributed by atoms with Crippen LogP contribution in [0.4, 0.5) is 11.4 Å². The third-order valence-corrected chi connectivity index (χ3v) is 3.94. The molecule has 1 aromatic heterocycles.